The van der Waals surface area contributed by atoms with E-state index in [9.17, 15) is 4.79 Å². The molecule has 2 rings (SSSR count). The standard InChI is InChI=1S/C13H15ClN2O2/c1-8(2)7-18-11-5-10(14)6-16-12(17)4-9(3)15-13(11)16/h4-6,8H,7H2,1-3H3. The Morgan fingerprint density at radius 2 is 2.17 bits per heavy atom. The molecular formula is C13H15ClN2O2. The number of fused-ring (bicyclic) bond motifs is 1. The number of hydrogen-bond donors (Lipinski definition) is 0. The van der Waals surface area contributed by atoms with Gasteiger partial charge in [0.1, 0.15) is 0 Å². The number of nitrogens with zero attached hydrogens (tertiary/aromatic N) is 2. The number of halogens is 1. The van der Waals surface area contributed by atoms with Crippen LogP contribution in [0.1, 0.15) is 19.5 Å². The number of aromatic nitrogens is 2. The smallest absolute Gasteiger partial charge is 0.258 e. The topological polar surface area (TPSA) is 43.6 Å². The normalized spacial score (nSPS) is 11.2. The Kier molecular flexibility index (Phi) is 3.57. The van der Waals surface area contributed by atoms with Crippen LogP contribution in [0.5, 0.6) is 5.75 Å². The molecule has 0 amide bonds. The molecule has 0 bridgehead atoms. The van der Waals surface area contributed by atoms with Crippen LogP contribution in [-0.4, -0.2) is 16.0 Å². The maximum Gasteiger partial charge on any atom is 0.258 e. The van der Waals surface area contributed by atoms with Crippen LogP contribution in [0.15, 0.2) is 23.1 Å². The molecule has 0 aliphatic heterocycles. The van der Waals surface area contributed by atoms with Crippen LogP contribution < -0.4 is 10.3 Å². The molecule has 0 spiro atoms. The van der Waals surface area contributed by atoms with Gasteiger partial charge in [0, 0.05) is 24.0 Å². The fourth-order valence-corrected chi connectivity index (χ4v) is 1.81. The highest BCUT2D eigenvalue weighted by Crippen LogP contribution is 2.22. The summed E-state index contributed by atoms with van der Waals surface area (Å²) in [6.45, 7) is 6.44. The molecule has 0 unspecified atom stereocenters. The van der Waals surface area contributed by atoms with E-state index < -0.39 is 0 Å². The second-order valence-corrected chi connectivity index (χ2v) is 5.09. The molecule has 2 aromatic heterocycles. The molecule has 0 saturated heterocycles. The summed E-state index contributed by atoms with van der Waals surface area (Å²) in [5, 5.41) is 0.453. The third-order valence-electron chi connectivity index (χ3n) is 2.39. The van der Waals surface area contributed by atoms with Crippen LogP contribution in [0, 0.1) is 12.8 Å². The van der Waals surface area contributed by atoms with Crippen molar-refractivity contribution >= 4 is 17.2 Å². The molecule has 0 fully saturated rings. The van der Waals surface area contributed by atoms with E-state index in [1.54, 1.807) is 19.2 Å². The molecule has 5 heteroatoms. The predicted molar refractivity (Wildman–Crippen MR) is 71.5 cm³/mol. The number of aryl methyl sites for hydroxylation is 1. The van der Waals surface area contributed by atoms with Crippen molar-refractivity contribution in [1.29, 1.82) is 0 Å². The summed E-state index contributed by atoms with van der Waals surface area (Å²) in [6.07, 6.45) is 1.55. The SMILES string of the molecule is Cc1cc(=O)n2cc(Cl)cc(OCC(C)C)c2n1. The van der Waals surface area contributed by atoms with Crippen molar-refractivity contribution in [2.45, 2.75) is 20.8 Å². The van der Waals surface area contributed by atoms with Gasteiger partial charge in [0.25, 0.3) is 5.56 Å². The van der Waals surface area contributed by atoms with E-state index in [1.807, 2.05) is 0 Å². The molecular weight excluding hydrogens is 252 g/mol. The molecule has 0 saturated carbocycles. The molecule has 0 aromatic carbocycles. The maximum atomic E-state index is 11.9. The fraction of sp³-hybridized carbons (Fsp3) is 0.385. The fourth-order valence-electron chi connectivity index (χ4n) is 1.62. The molecule has 0 radical (unpaired) electrons. The first-order valence-corrected chi connectivity index (χ1v) is 6.17. The van der Waals surface area contributed by atoms with Crippen molar-refractivity contribution in [3.63, 3.8) is 0 Å². The zero-order valence-electron chi connectivity index (χ0n) is 10.6. The molecule has 18 heavy (non-hydrogen) atoms. The third-order valence-corrected chi connectivity index (χ3v) is 2.60. The van der Waals surface area contributed by atoms with Crippen LogP contribution in [0.4, 0.5) is 0 Å². The van der Waals surface area contributed by atoms with Crippen molar-refractivity contribution in [2.75, 3.05) is 6.61 Å². The van der Waals surface area contributed by atoms with E-state index in [2.05, 4.69) is 18.8 Å². The quantitative estimate of drug-likeness (QED) is 0.858. The van der Waals surface area contributed by atoms with Gasteiger partial charge in [0.15, 0.2) is 11.4 Å². The van der Waals surface area contributed by atoms with Crippen molar-refractivity contribution < 1.29 is 4.74 Å². The lowest BCUT2D eigenvalue weighted by atomic mass is 10.2. The van der Waals surface area contributed by atoms with Crippen LogP contribution >= 0.6 is 11.6 Å². The molecule has 0 N–H and O–H groups in total. The zero-order chi connectivity index (χ0) is 13.3. The van der Waals surface area contributed by atoms with Gasteiger partial charge < -0.3 is 4.74 Å². The van der Waals surface area contributed by atoms with Gasteiger partial charge in [-0.3, -0.25) is 9.20 Å². The molecule has 96 valence electrons. The molecule has 2 heterocycles. The number of ether oxygens (including phenoxy) is 1. The molecule has 0 atom stereocenters. The third kappa shape index (κ3) is 2.64. The van der Waals surface area contributed by atoms with E-state index in [-0.39, 0.29) is 5.56 Å². The average molecular weight is 267 g/mol. The molecule has 2 aromatic rings. The van der Waals surface area contributed by atoms with Gasteiger partial charge in [0.2, 0.25) is 0 Å². The summed E-state index contributed by atoms with van der Waals surface area (Å²) < 4.78 is 7.07. The monoisotopic (exact) mass is 266 g/mol. The molecule has 0 aliphatic rings. The Labute approximate surface area is 110 Å². The second-order valence-electron chi connectivity index (χ2n) is 4.66. The van der Waals surface area contributed by atoms with Crippen LogP contribution in [0.2, 0.25) is 5.02 Å². The first-order chi connectivity index (χ1) is 8.47. The van der Waals surface area contributed by atoms with Gasteiger partial charge in [0.05, 0.1) is 11.6 Å². The first-order valence-electron chi connectivity index (χ1n) is 5.79. The van der Waals surface area contributed by atoms with E-state index in [4.69, 9.17) is 16.3 Å². The van der Waals surface area contributed by atoms with Crippen LogP contribution in [0.25, 0.3) is 5.65 Å². The minimum Gasteiger partial charge on any atom is -0.489 e. The summed E-state index contributed by atoms with van der Waals surface area (Å²) in [6, 6.07) is 3.15. The van der Waals surface area contributed by atoms with Gasteiger partial charge in [-0.15, -0.1) is 0 Å². The minimum absolute atomic E-state index is 0.158. The summed E-state index contributed by atoms with van der Waals surface area (Å²) in [5.74, 6) is 0.928. The predicted octanol–water partition coefficient (Wildman–Crippen LogP) is 2.69. The van der Waals surface area contributed by atoms with Crippen molar-refractivity contribution in [2.24, 2.45) is 5.92 Å². The lowest BCUT2D eigenvalue weighted by Gasteiger charge is -2.12. The Morgan fingerprint density at radius 3 is 2.83 bits per heavy atom. The summed E-state index contributed by atoms with van der Waals surface area (Å²) in [7, 11) is 0. The highest BCUT2D eigenvalue weighted by molar-refractivity contribution is 6.30. The average Bonchev–Trinajstić information content (AvgIpc) is 2.27. The van der Waals surface area contributed by atoms with Crippen molar-refractivity contribution in [3.8, 4) is 5.75 Å². The number of rotatable bonds is 3. The van der Waals surface area contributed by atoms with Gasteiger partial charge in [-0.05, 0) is 12.8 Å². The van der Waals surface area contributed by atoms with Crippen LogP contribution in [0.3, 0.4) is 0 Å². The Balaban J connectivity index is 2.60. The minimum atomic E-state index is -0.158. The number of hydrogen-bond acceptors (Lipinski definition) is 3. The Bertz CT molecular complexity index is 635. The second kappa shape index (κ2) is 4.98. The van der Waals surface area contributed by atoms with Gasteiger partial charge in [-0.25, -0.2) is 4.98 Å². The van der Waals surface area contributed by atoms with E-state index in [1.165, 1.54) is 10.5 Å². The lowest BCUT2D eigenvalue weighted by molar-refractivity contribution is 0.272. The van der Waals surface area contributed by atoms with Crippen molar-refractivity contribution in [3.05, 3.63) is 39.4 Å². The highest BCUT2D eigenvalue weighted by atomic mass is 35.5. The van der Waals surface area contributed by atoms with Gasteiger partial charge >= 0.3 is 0 Å². The van der Waals surface area contributed by atoms with E-state index in [0.29, 0.717) is 34.6 Å². The molecule has 0 aliphatic carbocycles. The zero-order valence-corrected chi connectivity index (χ0v) is 11.4. The van der Waals surface area contributed by atoms with Gasteiger partial charge in [-0.2, -0.15) is 0 Å². The Morgan fingerprint density at radius 1 is 1.44 bits per heavy atom. The summed E-state index contributed by atoms with van der Waals surface area (Å²) >= 11 is 5.98. The summed E-state index contributed by atoms with van der Waals surface area (Å²) in [5.41, 5.74) is 1.01. The van der Waals surface area contributed by atoms with Gasteiger partial charge in [-0.1, -0.05) is 25.4 Å². The largest absolute Gasteiger partial charge is 0.489 e. The number of pyridine rings is 1. The van der Waals surface area contributed by atoms with Crippen LogP contribution in [-0.2, 0) is 0 Å². The maximum absolute atomic E-state index is 11.9. The molecule has 4 nitrogen and oxygen atoms in total. The van der Waals surface area contributed by atoms with Crippen molar-refractivity contribution in [1.82, 2.24) is 9.38 Å². The van der Waals surface area contributed by atoms with E-state index >= 15 is 0 Å². The first kappa shape index (κ1) is 12.9. The lowest BCUT2D eigenvalue weighted by Crippen LogP contribution is -2.16. The summed E-state index contributed by atoms with van der Waals surface area (Å²) in [4.78, 5) is 16.2. The van der Waals surface area contributed by atoms with E-state index in [0.717, 1.165) is 0 Å². The Hall–Kier alpha value is -1.55. The highest BCUT2D eigenvalue weighted by Gasteiger charge is 2.09.